The lowest BCUT2D eigenvalue weighted by Crippen LogP contribution is -2.28. The Morgan fingerprint density at radius 1 is 1.21 bits per heavy atom. The predicted octanol–water partition coefficient (Wildman–Crippen LogP) is 4.08. The molecule has 2 aromatic heterocycles. The van der Waals surface area contributed by atoms with Crippen LogP contribution in [0.3, 0.4) is 0 Å². The van der Waals surface area contributed by atoms with E-state index in [0.717, 1.165) is 26.9 Å². The molecule has 0 unspecified atom stereocenters. The Bertz CT molecular complexity index is 812. The number of methoxy groups -OCH3 is 1. The number of benzene rings is 1. The average Bonchev–Trinajstić information content (AvgIpc) is 3.26. The summed E-state index contributed by atoms with van der Waals surface area (Å²) >= 11 is 3.24. The first-order valence-electron chi connectivity index (χ1n) is 7.51. The molecule has 1 aromatic carbocycles. The standard InChI is InChI=1S/C18H18N2O2S2/c1-20(11-13-6-3-4-7-15(13)22-2)17(21)10-14-12-24-18(19-14)16-8-5-9-23-16/h3-9,12H,10-11H2,1-2H3. The number of nitrogens with zero attached hydrogens (tertiary/aromatic N) is 2. The fraction of sp³-hybridized carbons (Fsp3) is 0.222. The zero-order valence-corrected chi connectivity index (χ0v) is 15.2. The van der Waals surface area contributed by atoms with E-state index in [9.17, 15) is 4.79 Å². The second-order valence-electron chi connectivity index (χ2n) is 5.36. The molecule has 6 heteroatoms. The summed E-state index contributed by atoms with van der Waals surface area (Å²) < 4.78 is 5.34. The zero-order chi connectivity index (χ0) is 16.9. The Labute approximate surface area is 149 Å². The van der Waals surface area contributed by atoms with Gasteiger partial charge in [-0.3, -0.25) is 4.79 Å². The van der Waals surface area contributed by atoms with Crippen molar-refractivity contribution in [3.05, 3.63) is 58.4 Å². The molecular weight excluding hydrogens is 340 g/mol. The number of ether oxygens (including phenoxy) is 1. The van der Waals surface area contributed by atoms with E-state index in [1.165, 1.54) is 0 Å². The van der Waals surface area contributed by atoms with Gasteiger partial charge in [-0.2, -0.15) is 0 Å². The van der Waals surface area contributed by atoms with E-state index >= 15 is 0 Å². The van der Waals surface area contributed by atoms with E-state index in [-0.39, 0.29) is 5.91 Å². The number of amides is 1. The number of thiazole rings is 1. The molecule has 3 rings (SSSR count). The van der Waals surface area contributed by atoms with Crippen LogP contribution in [0.2, 0.25) is 0 Å². The SMILES string of the molecule is COc1ccccc1CN(C)C(=O)Cc1csc(-c2cccs2)n1. The molecule has 0 aliphatic rings. The number of rotatable bonds is 6. The fourth-order valence-corrected chi connectivity index (χ4v) is 4.00. The van der Waals surface area contributed by atoms with Crippen molar-refractivity contribution in [1.29, 1.82) is 0 Å². The van der Waals surface area contributed by atoms with Gasteiger partial charge in [0, 0.05) is 24.5 Å². The summed E-state index contributed by atoms with van der Waals surface area (Å²) in [6.45, 7) is 0.519. The van der Waals surface area contributed by atoms with Crippen molar-refractivity contribution in [2.24, 2.45) is 0 Å². The van der Waals surface area contributed by atoms with E-state index < -0.39 is 0 Å². The molecule has 0 saturated carbocycles. The van der Waals surface area contributed by atoms with Crippen LogP contribution in [-0.2, 0) is 17.8 Å². The van der Waals surface area contributed by atoms with E-state index in [1.54, 1.807) is 41.7 Å². The number of para-hydroxylation sites is 1. The van der Waals surface area contributed by atoms with Crippen LogP contribution in [0.5, 0.6) is 5.75 Å². The Kier molecular flexibility index (Phi) is 5.27. The minimum atomic E-state index is 0.0453. The van der Waals surface area contributed by atoms with Crippen molar-refractivity contribution in [3.63, 3.8) is 0 Å². The highest BCUT2D eigenvalue weighted by Gasteiger charge is 2.15. The van der Waals surface area contributed by atoms with Crippen molar-refractivity contribution in [2.45, 2.75) is 13.0 Å². The summed E-state index contributed by atoms with van der Waals surface area (Å²) in [5, 5.41) is 4.96. The van der Waals surface area contributed by atoms with Gasteiger partial charge in [-0.15, -0.1) is 22.7 Å². The lowest BCUT2D eigenvalue weighted by molar-refractivity contribution is -0.129. The minimum Gasteiger partial charge on any atom is -0.496 e. The molecule has 2 heterocycles. The topological polar surface area (TPSA) is 42.4 Å². The highest BCUT2D eigenvalue weighted by molar-refractivity contribution is 7.20. The molecule has 0 aliphatic heterocycles. The summed E-state index contributed by atoms with van der Waals surface area (Å²) in [7, 11) is 3.45. The highest BCUT2D eigenvalue weighted by atomic mass is 32.1. The molecule has 0 saturated heterocycles. The third kappa shape index (κ3) is 3.83. The Morgan fingerprint density at radius 3 is 2.79 bits per heavy atom. The van der Waals surface area contributed by atoms with Crippen LogP contribution in [-0.4, -0.2) is 29.9 Å². The number of carbonyl (C=O) groups is 1. The number of hydrogen-bond acceptors (Lipinski definition) is 5. The summed E-state index contributed by atoms with van der Waals surface area (Å²) in [6, 6.07) is 11.8. The first kappa shape index (κ1) is 16.7. The molecule has 0 N–H and O–H groups in total. The predicted molar refractivity (Wildman–Crippen MR) is 98.6 cm³/mol. The fourth-order valence-electron chi connectivity index (χ4n) is 2.37. The third-order valence-corrected chi connectivity index (χ3v) is 5.57. The number of carbonyl (C=O) groups excluding carboxylic acids is 1. The maximum atomic E-state index is 12.5. The second kappa shape index (κ2) is 7.59. The number of aromatic nitrogens is 1. The minimum absolute atomic E-state index is 0.0453. The lowest BCUT2D eigenvalue weighted by Gasteiger charge is -2.18. The molecule has 0 radical (unpaired) electrons. The molecule has 0 aliphatic carbocycles. The summed E-state index contributed by atoms with van der Waals surface area (Å²) in [5.41, 5.74) is 1.81. The molecule has 24 heavy (non-hydrogen) atoms. The molecule has 1 amide bonds. The van der Waals surface area contributed by atoms with E-state index in [4.69, 9.17) is 4.74 Å². The van der Waals surface area contributed by atoms with Crippen LogP contribution in [0.1, 0.15) is 11.3 Å². The van der Waals surface area contributed by atoms with Gasteiger partial charge in [0.2, 0.25) is 5.91 Å². The van der Waals surface area contributed by atoms with Gasteiger partial charge in [-0.25, -0.2) is 4.98 Å². The van der Waals surface area contributed by atoms with Crippen molar-refractivity contribution in [3.8, 4) is 15.6 Å². The molecule has 0 fully saturated rings. The number of thiophene rings is 1. The van der Waals surface area contributed by atoms with Crippen molar-refractivity contribution in [2.75, 3.05) is 14.2 Å². The summed E-state index contributed by atoms with van der Waals surface area (Å²) in [5.74, 6) is 0.842. The Hall–Kier alpha value is -2.18. The van der Waals surface area contributed by atoms with E-state index in [2.05, 4.69) is 4.98 Å². The van der Waals surface area contributed by atoms with Crippen molar-refractivity contribution < 1.29 is 9.53 Å². The van der Waals surface area contributed by atoms with Gasteiger partial charge < -0.3 is 9.64 Å². The first-order valence-corrected chi connectivity index (χ1v) is 9.27. The van der Waals surface area contributed by atoms with Gasteiger partial charge in [0.15, 0.2) is 0 Å². The third-order valence-electron chi connectivity index (χ3n) is 3.64. The molecule has 124 valence electrons. The number of hydrogen-bond donors (Lipinski definition) is 0. The van der Waals surface area contributed by atoms with Crippen LogP contribution < -0.4 is 4.74 Å². The highest BCUT2D eigenvalue weighted by Crippen LogP contribution is 2.28. The van der Waals surface area contributed by atoms with Crippen LogP contribution >= 0.6 is 22.7 Å². The number of likely N-dealkylation sites (N-methyl/N-ethyl adjacent to an activating group) is 1. The van der Waals surface area contributed by atoms with Crippen LogP contribution in [0.4, 0.5) is 0 Å². The van der Waals surface area contributed by atoms with Crippen LogP contribution in [0.25, 0.3) is 9.88 Å². The smallest absolute Gasteiger partial charge is 0.228 e. The molecule has 0 atom stereocenters. The summed E-state index contributed by atoms with van der Waals surface area (Å²) in [4.78, 5) is 19.9. The molecule has 0 spiro atoms. The van der Waals surface area contributed by atoms with E-state index in [0.29, 0.717) is 13.0 Å². The second-order valence-corrected chi connectivity index (χ2v) is 7.17. The lowest BCUT2D eigenvalue weighted by atomic mass is 10.2. The van der Waals surface area contributed by atoms with Crippen molar-refractivity contribution >= 4 is 28.6 Å². The van der Waals surface area contributed by atoms with Gasteiger partial charge in [-0.1, -0.05) is 24.3 Å². The maximum absolute atomic E-state index is 12.5. The summed E-state index contributed by atoms with van der Waals surface area (Å²) in [6.07, 6.45) is 0.313. The Balaban J connectivity index is 1.64. The van der Waals surface area contributed by atoms with Gasteiger partial charge in [0.25, 0.3) is 0 Å². The largest absolute Gasteiger partial charge is 0.496 e. The van der Waals surface area contributed by atoms with E-state index in [1.807, 2.05) is 47.2 Å². The zero-order valence-electron chi connectivity index (χ0n) is 13.6. The maximum Gasteiger partial charge on any atom is 0.228 e. The van der Waals surface area contributed by atoms with Gasteiger partial charge in [0.05, 0.1) is 24.1 Å². The van der Waals surface area contributed by atoms with Gasteiger partial charge in [0.1, 0.15) is 10.8 Å². The molecular formula is C18H18N2O2S2. The first-order chi connectivity index (χ1) is 11.7. The van der Waals surface area contributed by atoms with Crippen LogP contribution in [0, 0.1) is 0 Å². The monoisotopic (exact) mass is 358 g/mol. The Morgan fingerprint density at radius 2 is 2.04 bits per heavy atom. The molecule has 0 bridgehead atoms. The van der Waals surface area contributed by atoms with Crippen molar-refractivity contribution in [1.82, 2.24) is 9.88 Å². The average molecular weight is 358 g/mol. The quantitative estimate of drug-likeness (QED) is 0.667. The van der Waals surface area contributed by atoms with Gasteiger partial charge in [-0.05, 0) is 17.5 Å². The molecule has 4 nitrogen and oxygen atoms in total. The van der Waals surface area contributed by atoms with Gasteiger partial charge >= 0.3 is 0 Å². The molecule has 3 aromatic rings. The normalized spacial score (nSPS) is 10.6. The van der Waals surface area contributed by atoms with Crippen LogP contribution in [0.15, 0.2) is 47.2 Å².